The van der Waals surface area contributed by atoms with Crippen LogP contribution in [0.4, 0.5) is 0 Å². The van der Waals surface area contributed by atoms with Gasteiger partial charge in [0.05, 0.1) is 0 Å². The van der Waals surface area contributed by atoms with Crippen molar-refractivity contribution in [3.8, 4) is 0 Å². The fraction of sp³-hybridized carbons (Fsp3) is 0.583. The van der Waals surface area contributed by atoms with Crippen LogP contribution in [0.5, 0.6) is 0 Å². The zero-order valence-electron chi connectivity index (χ0n) is 42.1. The van der Waals surface area contributed by atoms with Gasteiger partial charge < -0.3 is 14.2 Å². The first kappa shape index (κ1) is 61.5. The van der Waals surface area contributed by atoms with E-state index in [2.05, 4.69) is 142 Å². The molecule has 66 heavy (non-hydrogen) atoms. The predicted molar refractivity (Wildman–Crippen MR) is 283 cm³/mol. The number of carbonyl (C=O) groups excluding carboxylic acids is 3. The molecule has 0 aromatic heterocycles. The van der Waals surface area contributed by atoms with Crippen molar-refractivity contribution in [1.82, 2.24) is 0 Å². The average Bonchev–Trinajstić information content (AvgIpc) is 3.31. The Kier molecular flexibility index (Phi) is 49.6. The van der Waals surface area contributed by atoms with Crippen LogP contribution in [0.15, 0.2) is 134 Å². The first-order valence-electron chi connectivity index (χ1n) is 26.2. The zero-order chi connectivity index (χ0) is 47.9. The fourth-order valence-corrected chi connectivity index (χ4v) is 6.51. The van der Waals surface area contributed by atoms with Crippen molar-refractivity contribution >= 4 is 17.9 Å². The van der Waals surface area contributed by atoms with Crippen LogP contribution in [0.2, 0.25) is 0 Å². The van der Waals surface area contributed by atoms with Crippen LogP contribution in [0.25, 0.3) is 0 Å². The van der Waals surface area contributed by atoms with Crippen LogP contribution >= 0.6 is 0 Å². The molecule has 0 aliphatic carbocycles. The van der Waals surface area contributed by atoms with Gasteiger partial charge in [0.15, 0.2) is 6.10 Å². The SMILES string of the molecule is CC/C=C\C/C=C\C/C=C\C/C=C\C/C=C\C/C=C\CCCCCCC(=O)OCC(COC(=O)CCCCCCC/C=C\CCCCC)OC(=O)CC/C=C\C/C=C\C/C=C\C/C=C\CC. The summed E-state index contributed by atoms with van der Waals surface area (Å²) < 4.78 is 16.7. The van der Waals surface area contributed by atoms with E-state index in [4.69, 9.17) is 14.2 Å². The molecule has 0 aliphatic rings. The van der Waals surface area contributed by atoms with Crippen LogP contribution < -0.4 is 0 Å². The first-order valence-corrected chi connectivity index (χ1v) is 26.2. The zero-order valence-corrected chi connectivity index (χ0v) is 42.1. The normalized spacial score (nSPS) is 13.2. The smallest absolute Gasteiger partial charge is 0.306 e. The Balaban J connectivity index is 4.48. The molecule has 0 rings (SSSR count). The molecule has 0 fully saturated rings. The summed E-state index contributed by atoms with van der Waals surface area (Å²) in [6.45, 7) is 6.27. The number of hydrogen-bond acceptors (Lipinski definition) is 6. The van der Waals surface area contributed by atoms with E-state index in [1.54, 1.807) is 0 Å². The number of esters is 3. The predicted octanol–water partition coefficient (Wildman–Crippen LogP) is 17.5. The second-order valence-electron chi connectivity index (χ2n) is 16.7. The molecule has 0 aromatic rings. The number of rotatable bonds is 45. The summed E-state index contributed by atoms with van der Waals surface area (Å²) in [5.41, 5.74) is 0. The molecular formula is C60H94O6. The summed E-state index contributed by atoms with van der Waals surface area (Å²) in [6.07, 6.45) is 74.5. The summed E-state index contributed by atoms with van der Waals surface area (Å²) in [5.74, 6) is -1.05. The third kappa shape index (κ3) is 50.5. The number of ether oxygens (including phenoxy) is 3. The molecule has 0 bridgehead atoms. The monoisotopic (exact) mass is 911 g/mol. The summed E-state index contributed by atoms with van der Waals surface area (Å²) in [5, 5.41) is 0. The molecular weight excluding hydrogens is 817 g/mol. The quantitative estimate of drug-likeness (QED) is 0.0262. The van der Waals surface area contributed by atoms with Gasteiger partial charge in [0.2, 0.25) is 0 Å². The highest BCUT2D eigenvalue weighted by Crippen LogP contribution is 2.12. The van der Waals surface area contributed by atoms with Gasteiger partial charge in [-0.2, -0.15) is 0 Å². The van der Waals surface area contributed by atoms with Gasteiger partial charge in [-0.05, 0) is 122 Å². The maximum atomic E-state index is 12.7. The Morgan fingerprint density at radius 1 is 0.318 bits per heavy atom. The van der Waals surface area contributed by atoms with Crippen LogP contribution in [0.3, 0.4) is 0 Å². The molecule has 0 heterocycles. The van der Waals surface area contributed by atoms with Crippen molar-refractivity contribution in [3.63, 3.8) is 0 Å². The lowest BCUT2D eigenvalue weighted by Gasteiger charge is -2.18. The topological polar surface area (TPSA) is 78.9 Å². The molecule has 0 saturated carbocycles. The van der Waals surface area contributed by atoms with Gasteiger partial charge in [-0.3, -0.25) is 14.4 Å². The van der Waals surface area contributed by atoms with E-state index in [0.29, 0.717) is 19.3 Å². The van der Waals surface area contributed by atoms with Crippen molar-refractivity contribution in [2.24, 2.45) is 0 Å². The van der Waals surface area contributed by atoms with Gasteiger partial charge in [-0.25, -0.2) is 0 Å². The lowest BCUT2D eigenvalue weighted by Crippen LogP contribution is -2.30. The fourth-order valence-electron chi connectivity index (χ4n) is 6.51. The highest BCUT2D eigenvalue weighted by Gasteiger charge is 2.19. The molecule has 6 heteroatoms. The first-order chi connectivity index (χ1) is 32.5. The summed E-state index contributed by atoms with van der Waals surface area (Å²) in [6, 6.07) is 0. The summed E-state index contributed by atoms with van der Waals surface area (Å²) >= 11 is 0. The van der Waals surface area contributed by atoms with E-state index in [9.17, 15) is 14.4 Å². The Morgan fingerprint density at radius 3 is 1.00 bits per heavy atom. The molecule has 0 aromatic carbocycles. The molecule has 0 saturated heterocycles. The summed E-state index contributed by atoms with van der Waals surface area (Å²) in [7, 11) is 0. The Hall–Kier alpha value is -4.45. The van der Waals surface area contributed by atoms with Crippen LogP contribution in [-0.2, 0) is 28.6 Å². The van der Waals surface area contributed by atoms with Gasteiger partial charge in [0.1, 0.15) is 13.2 Å². The third-order valence-electron chi connectivity index (χ3n) is 10.4. The van der Waals surface area contributed by atoms with E-state index in [1.807, 2.05) is 12.2 Å². The van der Waals surface area contributed by atoms with Crippen molar-refractivity contribution in [2.45, 2.75) is 213 Å². The number of allylic oxidation sites excluding steroid dienone is 22. The van der Waals surface area contributed by atoms with Gasteiger partial charge >= 0.3 is 17.9 Å². The summed E-state index contributed by atoms with van der Waals surface area (Å²) in [4.78, 5) is 37.9. The number of carbonyl (C=O) groups is 3. The van der Waals surface area contributed by atoms with Gasteiger partial charge in [-0.1, -0.05) is 199 Å². The Labute approximate surface area is 405 Å². The lowest BCUT2D eigenvalue weighted by atomic mass is 10.1. The Bertz CT molecular complexity index is 1460. The van der Waals surface area contributed by atoms with Crippen LogP contribution in [-0.4, -0.2) is 37.2 Å². The van der Waals surface area contributed by atoms with Crippen molar-refractivity contribution in [3.05, 3.63) is 134 Å². The second-order valence-corrected chi connectivity index (χ2v) is 16.7. The van der Waals surface area contributed by atoms with Crippen molar-refractivity contribution < 1.29 is 28.6 Å². The number of hydrogen-bond donors (Lipinski definition) is 0. The standard InChI is InChI=1S/C60H94O6/c1-4-7-10-13-16-19-22-25-26-27-28-29-30-31-32-33-34-36-38-41-44-47-50-53-59(62)65-56-57(55-64-58(61)52-49-46-43-40-37-24-21-18-15-12-9-6-3)66-60(63)54-51-48-45-42-39-35-23-20-17-14-11-8-5-2/h7-8,10-11,16-21,25-26,28-29,31-32,34-36,39,45,48,57H,4-6,9,12-15,22-24,27,30,33,37-38,40-44,46-47,49-56H2,1-3H3/b10-7-,11-8-,19-16-,20-17-,21-18-,26-25-,29-28-,32-31-,36-34-,39-35-,48-45-. The van der Waals surface area contributed by atoms with E-state index in [-0.39, 0.29) is 31.6 Å². The molecule has 1 atom stereocenters. The molecule has 6 nitrogen and oxygen atoms in total. The highest BCUT2D eigenvalue weighted by atomic mass is 16.6. The molecule has 0 radical (unpaired) electrons. The largest absolute Gasteiger partial charge is 0.462 e. The van der Waals surface area contributed by atoms with Gasteiger partial charge in [0, 0.05) is 19.3 Å². The highest BCUT2D eigenvalue weighted by molar-refractivity contribution is 5.71. The molecule has 1 unspecified atom stereocenters. The maximum Gasteiger partial charge on any atom is 0.306 e. The van der Waals surface area contributed by atoms with Crippen LogP contribution in [0.1, 0.15) is 207 Å². The van der Waals surface area contributed by atoms with E-state index in [0.717, 1.165) is 128 Å². The Morgan fingerprint density at radius 2 is 0.621 bits per heavy atom. The average molecular weight is 911 g/mol. The van der Waals surface area contributed by atoms with Crippen molar-refractivity contribution in [2.75, 3.05) is 13.2 Å². The molecule has 0 N–H and O–H groups in total. The van der Waals surface area contributed by atoms with E-state index < -0.39 is 12.1 Å². The van der Waals surface area contributed by atoms with E-state index in [1.165, 1.54) is 32.1 Å². The third-order valence-corrected chi connectivity index (χ3v) is 10.4. The molecule has 0 spiro atoms. The minimum absolute atomic E-state index is 0.124. The van der Waals surface area contributed by atoms with Gasteiger partial charge in [-0.15, -0.1) is 0 Å². The molecule has 0 aliphatic heterocycles. The number of unbranched alkanes of at least 4 members (excludes halogenated alkanes) is 12. The minimum atomic E-state index is -0.834. The molecule has 0 amide bonds. The maximum absolute atomic E-state index is 12.7. The second kappa shape index (κ2) is 53.2. The van der Waals surface area contributed by atoms with E-state index >= 15 is 0 Å². The lowest BCUT2D eigenvalue weighted by molar-refractivity contribution is -0.166. The molecule has 370 valence electrons. The van der Waals surface area contributed by atoms with Crippen molar-refractivity contribution in [1.29, 1.82) is 0 Å². The van der Waals surface area contributed by atoms with Crippen LogP contribution in [0, 0.1) is 0 Å². The van der Waals surface area contributed by atoms with Gasteiger partial charge in [0.25, 0.3) is 0 Å². The minimum Gasteiger partial charge on any atom is -0.462 e.